The Labute approximate surface area is 97.9 Å². The van der Waals surface area contributed by atoms with E-state index in [-0.39, 0.29) is 37.2 Å². The minimum atomic E-state index is 0. The SMILES string of the molecule is [Cl-].[Cl-].[Cl-].[Ti+3][O]CC1CCCO1. The van der Waals surface area contributed by atoms with Gasteiger partial charge in [0.05, 0.1) is 0 Å². The first-order valence-corrected chi connectivity index (χ1v) is 3.47. The number of ether oxygens (including phenoxy) is 1. The van der Waals surface area contributed by atoms with Crippen LogP contribution in [0.25, 0.3) is 0 Å². The average molecular weight is 255 g/mol. The van der Waals surface area contributed by atoms with Crippen LogP contribution in [0.4, 0.5) is 0 Å². The second-order valence-electron chi connectivity index (χ2n) is 1.95. The second kappa shape index (κ2) is 11.5. The van der Waals surface area contributed by atoms with Gasteiger partial charge in [-0.1, -0.05) is 0 Å². The summed E-state index contributed by atoms with van der Waals surface area (Å²) in [4.78, 5) is 0. The molecule has 1 fully saturated rings. The molecule has 0 bridgehead atoms. The Morgan fingerprint density at radius 2 is 2.00 bits per heavy atom. The van der Waals surface area contributed by atoms with Crippen LogP contribution in [0.2, 0.25) is 0 Å². The Balaban J connectivity index is -0.000000213. The zero-order chi connectivity index (χ0) is 5.82. The first-order valence-electron chi connectivity index (χ1n) is 2.83. The summed E-state index contributed by atoms with van der Waals surface area (Å²) in [5.74, 6) is 0. The molecule has 0 saturated carbocycles. The second-order valence-corrected chi connectivity index (χ2v) is 2.40. The van der Waals surface area contributed by atoms with Gasteiger partial charge in [-0.2, -0.15) is 0 Å². The molecule has 1 rings (SSSR count). The molecule has 11 heavy (non-hydrogen) atoms. The van der Waals surface area contributed by atoms with Crippen LogP contribution in [0.5, 0.6) is 0 Å². The summed E-state index contributed by atoms with van der Waals surface area (Å²) in [6.07, 6.45) is 2.77. The van der Waals surface area contributed by atoms with E-state index >= 15 is 0 Å². The van der Waals surface area contributed by atoms with Gasteiger partial charge >= 0.3 is 61.0 Å². The summed E-state index contributed by atoms with van der Waals surface area (Å²) >= 11 is 1.71. The molecule has 0 aromatic carbocycles. The number of rotatable bonds is 2. The van der Waals surface area contributed by atoms with Crippen LogP contribution in [-0.2, 0) is 28.9 Å². The van der Waals surface area contributed by atoms with Crippen LogP contribution in [0.3, 0.4) is 0 Å². The Hall–Kier alpha value is 1.50. The van der Waals surface area contributed by atoms with Crippen molar-refractivity contribution in [1.29, 1.82) is 0 Å². The third-order valence-electron chi connectivity index (χ3n) is 1.29. The van der Waals surface area contributed by atoms with Crippen LogP contribution in [0.15, 0.2) is 0 Å². The number of halogens is 3. The van der Waals surface area contributed by atoms with Crippen molar-refractivity contribution in [3.05, 3.63) is 0 Å². The van der Waals surface area contributed by atoms with E-state index in [4.69, 9.17) is 8.06 Å². The van der Waals surface area contributed by atoms with Crippen molar-refractivity contribution in [2.24, 2.45) is 0 Å². The van der Waals surface area contributed by atoms with Crippen molar-refractivity contribution in [3.63, 3.8) is 0 Å². The van der Waals surface area contributed by atoms with Crippen molar-refractivity contribution in [3.8, 4) is 0 Å². The van der Waals surface area contributed by atoms with Gasteiger partial charge in [0.25, 0.3) is 0 Å². The topological polar surface area (TPSA) is 18.5 Å². The van der Waals surface area contributed by atoms with Gasteiger partial charge in [0.2, 0.25) is 0 Å². The fourth-order valence-electron chi connectivity index (χ4n) is 0.869. The average Bonchev–Trinajstić information content (AvgIpc) is 2.19. The molecule has 1 heterocycles. The summed E-state index contributed by atoms with van der Waals surface area (Å²) in [6.45, 7) is 1.69. The summed E-state index contributed by atoms with van der Waals surface area (Å²) in [7, 11) is 0. The summed E-state index contributed by atoms with van der Waals surface area (Å²) < 4.78 is 10.2. The van der Waals surface area contributed by atoms with Gasteiger partial charge in [0.15, 0.2) is 0 Å². The minimum absolute atomic E-state index is 0. The molecule has 6 heteroatoms. The molecule has 1 saturated heterocycles. The van der Waals surface area contributed by atoms with Gasteiger partial charge in [0, 0.05) is 0 Å². The first kappa shape index (κ1) is 18.3. The Morgan fingerprint density at radius 1 is 1.36 bits per heavy atom. The van der Waals surface area contributed by atoms with E-state index in [9.17, 15) is 0 Å². The van der Waals surface area contributed by atoms with Crippen LogP contribution < -0.4 is 37.2 Å². The summed E-state index contributed by atoms with van der Waals surface area (Å²) in [5, 5.41) is 0. The molecule has 0 aromatic rings. The Bertz CT molecular complexity index is 70.7. The molecule has 66 valence electrons. The molecule has 0 aliphatic carbocycles. The van der Waals surface area contributed by atoms with Gasteiger partial charge in [0.1, 0.15) is 0 Å². The van der Waals surface area contributed by atoms with Crippen molar-refractivity contribution in [2.45, 2.75) is 18.9 Å². The van der Waals surface area contributed by atoms with Crippen LogP contribution in [-0.4, -0.2) is 19.3 Å². The molecule has 0 spiro atoms. The van der Waals surface area contributed by atoms with Gasteiger partial charge in [-0.3, -0.25) is 0 Å². The Kier molecular flexibility index (Phi) is 19.2. The standard InChI is InChI=1S/C5H9O2.3ClH.Ti/c6-4-5-2-1-3-7-5;;;;/h5H,1-4H2;3*1H;/q-1;;;;+4/p-3. The van der Waals surface area contributed by atoms with E-state index < -0.39 is 0 Å². The maximum absolute atomic E-state index is 5.27. The fraction of sp³-hybridized carbons (Fsp3) is 1.00. The Morgan fingerprint density at radius 3 is 2.36 bits per heavy atom. The molecule has 1 atom stereocenters. The predicted molar refractivity (Wildman–Crippen MR) is 24.9 cm³/mol. The van der Waals surface area contributed by atoms with E-state index in [2.05, 4.69) is 0 Å². The van der Waals surface area contributed by atoms with Crippen LogP contribution in [0, 0.1) is 0 Å². The van der Waals surface area contributed by atoms with Crippen molar-refractivity contribution in [2.75, 3.05) is 13.2 Å². The molecule has 0 amide bonds. The molecule has 0 aromatic heterocycles. The molecular weight excluding hydrogens is 246 g/mol. The van der Waals surface area contributed by atoms with E-state index in [1.165, 1.54) is 12.8 Å². The monoisotopic (exact) mass is 254 g/mol. The third-order valence-corrected chi connectivity index (χ3v) is 1.55. The maximum atomic E-state index is 5.27. The van der Waals surface area contributed by atoms with Crippen molar-refractivity contribution >= 4 is 0 Å². The number of hydrogen-bond acceptors (Lipinski definition) is 2. The van der Waals surface area contributed by atoms with E-state index in [1.54, 1.807) is 20.8 Å². The molecule has 0 N–H and O–H groups in total. The molecular formula is C5H9Cl3O2Ti. The van der Waals surface area contributed by atoms with Crippen LogP contribution in [0.1, 0.15) is 12.8 Å². The molecule has 2 nitrogen and oxygen atoms in total. The van der Waals surface area contributed by atoms with Crippen molar-refractivity contribution in [1.82, 2.24) is 0 Å². The third kappa shape index (κ3) is 7.85. The normalized spacial score (nSPS) is 21.1. The van der Waals surface area contributed by atoms with Crippen LogP contribution >= 0.6 is 0 Å². The van der Waals surface area contributed by atoms with E-state index in [0.717, 1.165) is 13.2 Å². The zero-order valence-electron chi connectivity index (χ0n) is 5.86. The van der Waals surface area contributed by atoms with Crippen molar-refractivity contribution < 1.29 is 66.1 Å². The first-order chi connectivity index (χ1) is 3.93. The van der Waals surface area contributed by atoms with Gasteiger partial charge in [-0.25, -0.2) is 0 Å². The van der Waals surface area contributed by atoms with E-state index in [1.807, 2.05) is 0 Å². The van der Waals surface area contributed by atoms with Gasteiger partial charge < -0.3 is 37.2 Å². The zero-order valence-corrected chi connectivity index (χ0v) is 9.69. The number of hydrogen-bond donors (Lipinski definition) is 0. The summed E-state index contributed by atoms with van der Waals surface area (Å²) in [5.41, 5.74) is 0. The molecule has 0 radical (unpaired) electrons. The van der Waals surface area contributed by atoms with E-state index in [0.29, 0.717) is 6.10 Å². The summed E-state index contributed by atoms with van der Waals surface area (Å²) in [6, 6.07) is 0. The predicted octanol–water partition coefficient (Wildman–Crippen LogP) is -8.34. The molecule has 1 unspecified atom stereocenters. The van der Waals surface area contributed by atoms with Gasteiger partial charge in [-0.15, -0.1) is 0 Å². The molecule has 1 aliphatic rings. The fourth-order valence-corrected chi connectivity index (χ4v) is 1.16. The van der Waals surface area contributed by atoms with Gasteiger partial charge in [-0.05, 0) is 0 Å². The molecule has 1 aliphatic heterocycles. The quantitative estimate of drug-likeness (QED) is 0.456.